The first-order valence-electron chi connectivity index (χ1n) is 9.93. The van der Waals surface area contributed by atoms with Crippen molar-refractivity contribution >= 4 is 28.1 Å². The summed E-state index contributed by atoms with van der Waals surface area (Å²) in [6.45, 7) is 1.56. The van der Waals surface area contributed by atoms with Crippen LogP contribution in [0, 0.1) is 0 Å². The monoisotopic (exact) mass is 440 g/mol. The van der Waals surface area contributed by atoms with Gasteiger partial charge in [-0.25, -0.2) is 4.98 Å². The number of methoxy groups -OCH3 is 2. The van der Waals surface area contributed by atoms with Crippen LogP contribution in [0.5, 0.6) is 11.5 Å². The Hall–Kier alpha value is -3.10. The maximum Gasteiger partial charge on any atom is 0.240 e. The second kappa shape index (κ2) is 10.8. The molecule has 0 unspecified atom stereocenters. The zero-order chi connectivity index (χ0) is 22.2. The minimum atomic E-state index is -0.0566. The topological polar surface area (TPSA) is 66.9 Å². The number of benzene rings is 2. The zero-order valence-corrected chi connectivity index (χ0v) is 19.1. The average molecular weight is 441 g/mol. The van der Waals surface area contributed by atoms with Crippen molar-refractivity contribution in [3.8, 4) is 22.8 Å². The van der Waals surface area contributed by atoms with Gasteiger partial charge in [-0.05, 0) is 62.6 Å². The molecule has 0 spiro atoms. The Labute approximate surface area is 187 Å². The number of rotatable bonds is 10. The highest BCUT2D eigenvalue weighted by molar-refractivity contribution is 7.14. The van der Waals surface area contributed by atoms with Crippen molar-refractivity contribution in [2.24, 2.45) is 0 Å². The normalized spacial score (nSPS) is 10.7. The highest BCUT2D eigenvalue weighted by atomic mass is 32.1. The van der Waals surface area contributed by atoms with E-state index in [-0.39, 0.29) is 12.5 Å². The van der Waals surface area contributed by atoms with Crippen molar-refractivity contribution < 1.29 is 14.3 Å². The van der Waals surface area contributed by atoms with Crippen LogP contribution < -0.4 is 19.7 Å². The Morgan fingerprint density at radius 3 is 2.19 bits per heavy atom. The van der Waals surface area contributed by atoms with E-state index in [1.54, 1.807) is 14.2 Å². The lowest BCUT2D eigenvalue weighted by Crippen LogP contribution is -2.38. The second-order valence-electron chi connectivity index (χ2n) is 7.18. The summed E-state index contributed by atoms with van der Waals surface area (Å²) < 4.78 is 10.5. The Morgan fingerprint density at radius 1 is 1.00 bits per heavy atom. The molecule has 0 aliphatic heterocycles. The van der Waals surface area contributed by atoms with Crippen LogP contribution in [0.1, 0.15) is 0 Å². The summed E-state index contributed by atoms with van der Waals surface area (Å²) in [6, 6.07) is 15.4. The molecule has 8 heteroatoms. The van der Waals surface area contributed by atoms with Crippen LogP contribution in [0.2, 0.25) is 0 Å². The third-order valence-electron chi connectivity index (χ3n) is 4.68. The van der Waals surface area contributed by atoms with Gasteiger partial charge in [0.15, 0.2) is 5.13 Å². The van der Waals surface area contributed by atoms with Crippen LogP contribution in [0.3, 0.4) is 0 Å². The molecule has 0 aliphatic carbocycles. The van der Waals surface area contributed by atoms with E-state index in [0.717, 1.165) is 40.1 Å². The van der Waals surface area contributed by atoms with Crippen molar-refractivity contribution in [2.75, 3.05) is 52.8 Å². The molecular formula is C23H28N4O3S. The molecule has 0 atom stereocenters. The number of aromatic nitrogens is 1. The first-order chi connectivity index (χ1) is 15.0. The van der Waals surface area contributed by atoms with Gasteiger partial charge >= 0.3 is 0 Å². The fourth-order valence-electron chi connectivity index (χ4n) is 2.93. The number of anilines is 2. The van der Waals surface area contributed by atoms with E-state index in [9.17, 15) is 4.79 Å². The fraction of sp³-hybridized carbons (Fsp3) is 0.304. The standard InChI is InChI=1S/C23H28N4O3S/c1-26(2)14-13-24-22(28)15-27(18-7-11-20(30-4)12-8-18)23-25-21(16-31-23)17-5-9-19(29-3)10-6-17/h5-12,16H,13-15H2,1-4H3,(H,24,28). The maximum atomic E-state index is 12.6. The molecule has 1 N–H and O–H groups in total. The van der Waals surface area contributed by atoms with Crippen LogP contribution in [0.4, 0.5) is 10.8 Å². The van der Waals surface area contributed by atoms with Crippen molar-refractivity contribution in [3.63, 3.8) is 0 Å². The summed E-state index contributed by atoms with van der Waals surface area (Å²) in [4.78, 5) is 21.4. The van der Waals surface area contributed by atoms with Gasteiger partial charge in [-0.15, -0.1) is 11.3 Å². The SMILES string of the molecule is COc1ccc(-c2csc(N(CC(=O)NCCN(C)C)c3ccc(OC)cc3)n2)cc1. The highest BCUT2D eigenvalue weighted by Crippen LogP contribution is 2.33. The summed E-state index contributed by atoms with van der Waals surface area (Å²) in [7, 11) is 7.23. The summed E-state index contributed by atoms with van der Waals surface area (Å²) in [5.74, 6) is 1.50. The maximum absolute atomic E-state index is 12.6. The van der Waals surface area contributed by atoms with Gasteiger partial charge in [0.1, 0.15) is 18.0 Å². The second-order valence-corrected chi connectivity index (χ2v) is 8.02. The number of carbonyl (C=O) groups is 1. The molecule has 1 aromatic heterocycles. The van der Waals surface area contributed by atoms with Crippen LogP contribution in [-0.4, -0.2) is 63.7 Å². The molecule has 0 saturated carbocycles. The largest absolute Gasteiger partial charge is 0.497 e. The lowest BCUT2D eigenvalue weighted by Gasteiger charge is -2.22. The number of ether oxygens (including phenoxy) is 2. The summed E-state index contributed by atoms with van der Waals surface area (Å²) in [6.07, 6.45) is 0. The van der Waals surface area contributed by atoms with E-state index in [0.29, 0.717) is 6.54 Å². The first-order valence-corrected chi connectivity index (χ1v) is 10.8. The number of likely N-dealkylation sites (N-methyl/N-ethyl adjacent to an activating group) is 1. The minimum Gasteiger partial charge on any atom is -0.497 e. The molecule has 7 nitrogen and oxygen atoms in total. The highest BCUT2D eigenvalue weighted by Gasteiger charge is 2.18. The average Bonchev–Trinajstić information content (AvgIpc) is 3.27. The number of thiazole rings is 1. The molecule has 31 heavy (non-hydrogen) atoms. The lowest BCUT2D eigenvalue weighted by atomic mass is 10.2. The van der Waals surface area contributed by atoms with Crippen LogP contribution in [-0.2, 0) is 4.79 Å². The van der Waals surface area contributed by atoms with E-state index < -0.39 is 0 Å². The number of hydrogen-bond donors (Lipinski definition) is 1. The van der Waals surface area contributed by atoms with Crippen molar-refractivity contribution in [1.82, 2.24) is 15.2 Å². The molecule has 0 radical (unpaired) electrons. The van der Waals surface area contributed by atoms with Crippen molar-refractivity contribution in [1.29, 1.82) is 0 Å². The van der Waals surface area contributed by atoms with Gasteiger partial charge in [0.2, 0.25) is 5.91 Å². The quantitative estimate of drug-likeness (QED) is 0.519. The Balaban J connectivity index is 1.83. The van der Waals surface area contributed by atoms with Crippen molar-refractivity contribution in [2.45, 2.75) is 0 Å². The van der Waals surface area contributed by atoms with Gasteiger partial charge in [0.25, 0.3) is 0 Å². The van der Waals surface area contributed by atoms with E-state index in [4.69, 9.17) is 14.5 Å². The molecule has 0 aliphatic rings. The summed E-state index contributed by atoms with van der Waals surface area (Å²) in [5.41, 5.74) is 2.72. The smallest absolute Gasteiger partial charge is 0.240 e. The molecule has 1 heterocycles. The summed E-state index contributed by atoms with van der Waals surface area (Å²) in [5, 5.41) is 5.72. The minimum absolute atomic E-state index is 0.0566. The van der Waals surface area contributed by atoms with E-state index in [1.807, 2.05) is 77.8 Å². The molecule has 2 aromatic carbocycles. The molecule has 0 fully saturated rings. The van der Waals surface area contributed by atoms with Crippen LogP contribution >= 0.6 is 11.3 Å². The molecule has 164 valence electrons. The number of carbonyl (C=O) groups excluding carboxylic acids is 1. The molecule has 3 aromatic rings. The Bertz CT molecular complexity index is 971. The third-order valence-corrected chi connectivity index (χ3v) is 5.54. The predicted octanol–water partition coefficient (Wildman–Crippen LogP) is 3.64. The zero-order valence-electron chi connectivity index (χ0n) is 18.3. The first kappa shape index (κ1) is 22.6. The van der Waals surface area contributed by atoms with Crippen LogP contribution in [0.25, 0.3) is 11.3 Å². The van der Waals surface area contributed by atoms with Gasteiger partial charge in [0.05, 0.1) is 19.9 Å². The van der Waals surface area contributed by atoms with E-state index in [2.05, 4.69) is 5.32 Å². The van der Waals surface area contributed by atoms with Gasteiger partial charge in [-0.2, -0.15) is 0 Å². The molecule has 0 bridgehead atoms. The molecular weight excluding hydrogens is 412 g/mol. The number of amides is 1. The molecule has 1 amide bonds. The van der Waals surface area contributed by atoms with Crippen molar-refractivity contribution in [3.05, 3.63) is 53.9 Å². The van der Waals surface area contributed by atoms with E-state index in [1.165, 1.54) is 11.3 Å². The Kier molecular flexibility index (Phi) is 7.86. The molecule has 3 rings (SSSR count). The summed E-state index contributed by atoms with van der Waals surface area (Å²) >= 11 is 1.50. The van der Waals surface area contributed by atoms with Gasteiger partial charge < -0.3 is 24.6 Å². The van der Waals surface area contributed by atoms with Gasteiger partial charge in [-0.3, -0.25) is 4.79 Å². The van der Waals surface area contributed by atoms with Crippen LogP contribution in [0.15, 0.2) is 53.9 Å². The lowest BCUT2D eigenvalue weighted by molar-refractivity contribution is -0.119. The van der Waals surface area contributed by atoms with E-state index >= 15 is 0 Å². The fourth-order valence-corrected chi connectivity index (χ4v) is 3.79. The number of nitrogens with one attached hydrogen (secondary N) is 1. The number of hydrogen-bond acceptors (Lipinski definition) is 7. The third kappa shape index (κ3) is 6.19. The number of nitrogens with zero attached hydrogens (tertiary/aromatic N) is 3. The predicted molar refractivity (Wildman–Crippen MR) is 126 cm³/mol. The van der Waals surface area contributed by atoms with Gasteiger partial charge in [0, 0.05) is 29.7 Å². The molecule has 0 saturated heterocycles. The Morgan fingerprint density at radius 2 is 1.61 bits per heavy atom. The van der Waals surface area contributed by atoms with Gasteiger partial charge in [-0.1, -0.05) is 0 Å².